The first-order chi connectivity index (χ1) is 12.3. The number of nitrogens with zero attached hydrogens (tertiary/aromatic N) is 3. The molecular formula is C16H11FN4O5. The number of carbonyl (C=O) groups is 1. The molecule has 0 radical (unpaired) electrons. The summed E-state index contributed by atoms with van der Waals surface area (Å²) in [6.07, 6.45) is 2.34. The zero-order valence-corrected chi connectivity index (χ0v) is 13.1. The molecule has 1 aromatic carbocycles. The van der Waals surface area contributed by atoms with Gasteiger partial charge in [0.15, 0.2) is 5.76 Å². The molecule has 10 heteroatoms. The highest BCUT2D eigenvalue weighted by molar-refractivity contribution is 5.92. The second kappa shape index (κ2) is 6.59. The van der Waals surface area contributed by atoms with Gasteiger partial charge in [-0.1, -0.05) is 0 Å². The fraction of sp³-hybridized carbons (Fsp3) is 0.0625. The summed E-state index contributed by atoms with van der Waals surface area (Å²) < 4.78 is 19.4. The van der Waals surface area contributed by atoms with E-state index in [0.717, 1.165) is 16.8 Å². The monoisotopic (exact) mass is 358 g/mol. The molecule has 132 valence electrons. The maximum absolute atomic E-state index is 13.0. The highest BCUT2D eigenvalue weighted by atomic mass is 19.1. The van der Waals surface area contributed by atoms with Gasteiger partial charge in [0.25, 0.3) is 17.2 Å². The summed E-state index contributed by atoms with van der Waals surface area (Å²) in [5, 5.41) is 11.0. The van der Waals surface area contributed by atoms with Crippen molar-refractivity contribution in [2.24, 2.45) is 5.73 Å². The number of halogens is 1. The highest BCUT2D eigenvalue weighted by Gasteiger charge is 2.18. The number of primary amides is 1. The Morgan fingerprint density at radius 2 is 2.04 bits per heavy atom. The number of amides is 1. The molecule has 26 heavy (non-hydrogen) atoms. The van der Waals surface area contributed by atoms with E-state index in [4.69, 9.17) is 10.2 Å². The number of nitro groups is 1. The molecule has 3 aromatic rings. The molecule has 0 aliphatic heterocycles. The van der Waals surface area contributed by atoms with Gasteiger partial charge >= 0.3 is 0 Å². The van der Waals surface area contributed by atoms with E-state index >= 15 is 0 Å². The lowest BCUT2D eigenvalue weighted by atomic mass is 10.2. The van der Waals surface area contributed by atoms with Crippen LogP contribution in [0, 0.1) is 15.9 Å². The number of hydrogen-bond acceptors (Lipinski definition) is 6. The second-order valence-electron chi connectivity index (χ2n) is 5.29. The zero-order valence-electron chi connectivity index (χ0n) is 13.1. The largest absolute Gasteiger partial charge is 0.439 e. The van der Waals surface area contributed by atoms with Crippen molar-refractivity contribution in [3.8, 4) is 11.3 Å². The van der Waals surface area contributed by atoms with E-state index in [2.05, 4.69) is 4.98 Å². The van der Waals surface area contributed by atoms with E-state index in [-0.39, 0.29) is 12.4 Å². The van der Waals surface area contributed by atoms with Crippen LogP contribution < -0.4 is 11.3 Å². The van der Waals surface area contributed by atoms with Crippen molar-refractivity contribution in [1.82, 2.24) is 9.55 Å². The standard InChI is InChI=1S/C16H11FN4O5/c17-10-3-1-9(2-4-10)13-6-19-14(26-13)8-20-7-11(21(24)25)5-12(15(18)22)16(20)23/h1-7H,8H2,(H2,18,22). The molecule has 0 fully saturated rings. The molecule has 0 saturated heterocycles. The van der Waals surface area contributed by atoms with Gasteiger partial charge in [-0.2, -0.15) is 0 Å². The minimum Gasteiger partial charge on any atom is -0.439 e. The average molecular weight is 358 g/mol. The summed E-state index contributed by atoms with van der Waals surface area (Å²) in [4.78, 5) is 37.8. The van der Waals surface area contributed by atoms with E-state index in [1.54, 1.807) is 0 Å². The molecule has 0 bridgehead atoms. The maximum Gasteiger partial charge on any atom is 0.286 e. The Kier molecular flexibility index (Phi) is 4.31. The highest BCUT2D eigenvalue weighted by Crippen LogP contribution is 2.21. The van der Waals surface area contributed by atoms with Crippen molar-refractivity contribution < 1.29 is 18.5 Å². The van der Waals surface area contributed by atoms with Crippen LogP contribution in [0.5, 0.6) is 0 Å². The van der Waals surface area contributed by atoms with Crippen LogP contribution in [0.15, 0.2) is 51.9 Å². The Morgan fingerprint density at radius 3 is 2.65 bits per heavy atom. The second-order valence-corrected chi connectivity index (χ2v) is 5.29. The number of nitrogens with two attached hydrogens (primary N) is 1. The average Bonchev–Trinajstić information content (AvgIpc) is 3.05. The van der Waals surface area contributed by atoms with Gasteiger partial charge in [0, 0.05) is 11.6 Å². The molecule has 2 aromatic heterocycles. The maximum atomic E-state index is 13.0. The molecule has 2 N–H and O–H groups in total. The predicted molar refractivity (Wildman–Crippen MR) is 86.9 cm³/mol. The molecule has 1 amide bonds. The summed E-state index contributed by atoms with van der Waals surface area (Å²) in [7, 11) is 0. The number of oxazole rings is 1. The van der Waals surface area contributed by atoms with E-state index < -0.39 is 33.5 Å². The first-order valence-electron chi connectivity index (χ1n) is 7.24. The fourth-order valence-electron chi connectivity index (χ4n) is 2.29. The third kappa shape index (κ3) is 3.34. The first-order valence-corrected chi connectivity index (χ1v) is 7.24. The van der Waals surface area contributed by atoms with Crippen molar-refractivity contribution in [3.63, 3.8) is 0 Å². The normalized spacial score (nSPS) is 10.7. The van der Waals surface area contributed by atoms with Crippen molar-refractivity contribution in [3.05, 3.63) is 80.5 Å². The van der Waals surface area contributed by atoms with Gasteiger partial charge in [-0.15, -0.1) is 0 Å². The van der Waals surface area contributed by atoms with E-state index in [1.807, 2.05) is 0 Å². The van der Waals surface area contributed by atoms with Gasteiger partial charge in [0.05, 0.1) is 17.3 Å². The summed E-state index contributed by atoms with van der Waals surface area (Å²) in [5.41, 5.74) is 3.88. The van der Waals surface area contributed by atoms with E-state index in [9.17, 15) is 24.1 Å². The van der Waals surface area contributed by atoms with Crippen molar-refractivity contribution in [2.75, 3.05) is 0 Å². The van der Waals surface area contributed by atoms with Gasteiger partial charge in [-0.3, -0.25) is 24.3 Å². The van der Waals surface area contributed by atoms with Crippen LogP contribution in [0.1, 0.15) is 16.2 Å². The van der Waals surface area contributed by atoms with Gasteiger partial charge in [0.2, 0.25) is 5.89 Å². The summed E-state index contributed by atoms with van der Waals surface area (Å²) in [6, 6.07) is 6.30. The smallest absolute Gasteiger partial charge is 0.286 e. The minimum absolute atomic E-state index is 0.0716. The molecular weight excluding hydrogens is 347 g/mol. The minimum atomic E-state index is -1.08. The van der Waals surface area contributed by atoms with Gasteiger partial charge in [-0.05, 0) is 24.3 Å². The molecule has 0 aliphatic carbocycles. The SMILES string of the molecule is NC(=O)c1cc([N+](=O)[O-])cn(Cc2ncc(-c3ccc(F)cc3)o2)c1=O. The molecule has 9 nitrogen and oxygen atoms in total. The van der Waals surface area contributed by atoms with E-state index in [1.165, 1.54) is 30.5 Å². The number of carbonyl (C=O) groups excluding carboxylic acids is 1. The van der Waals surface area contributed by atoms with Crippen LogP contribution in [-0.4, -0.2) is 20.4 Å². The predicted octanol–water partition coefficient (Wildman–Crippen LogP) is 1.70. The lowest BCUT2D eigenvalue weighted by Gasteiger charge is -2.05. The lowest BCUT2D eigenvalue weighted by Crippen LogP contribution is -2.30. The van der Waals surface area contributed by atoms with Crippen LogP contribution in [-0.2, 0) is 6.54 Å². The number of hydrogen-bond donors (Lipinski definition) is 1. The molecule has 3 rings (SSSR count). The van der Waals surface area contributed by atoms with Crippen LogP contribution in [0.3, 0.4) is 0 Å². The van der Waals surface area contributed by atoms with Gasteiger partial charge < -0.3 is 10.2 Å². The van der Waals surface area contributed by atoms with Gasteiger partial charge in [-0.25, -0.2) is 9.37 Å². The molecule has 0 saturated carbocycles. The van der Waals surface area contributed by atoms with Crippen LogP contribution in [0.2, 0.25) is 0 Å². The van der Waals surface area contributed by atoms with E-state index in [0.29, 0.717) is 11.3 Å². The summed E-state index contributed by atoms with van der Waals surface area (Å²) >= 11 is 0. The van der Waals surface area contributed by atoms with Crippen molar-refractivity contribution in [1.29, 1.82) is 0 Å². The molecule has 2 heterocycles. The number of aromatic nitrogens is 2. The van der Waals surface area contributed by atoms with Crippen molar-refractivity contribution in [2.45, 2.75) is 6.54 Å². The Morgan fingerprint density at radius 1 is 1.35 bits per heavy atom. The van der Waals surface area contributed by atoms with Crippen molar-refractivity contribution >= 4 is 11.6 Å². The lowest BCUT2D eigenvalue weighted by molar-refractivity contribution is -0.385. The van der Waals surface area contributed by atoms with Gasteiger partial charge in [0.1, 0.15) is 17.9 Å². The number of rotatable bonds is 5. The topological polar surface area (TPSA) is 134 Å². The first kappa shape index (κ1) is 17.0. The summed E-state index contributed by atoms with van der Waals surface area (Å²) in [6.45, 7) is -0.248. The molecule has 0 atom stereocenters. The third-order valence-corrected chi connectivity index (χ3v) is 3.54. The fourth-order valence-corrected chi connectivity index (χ4v) is 2.29. The molecule has 0 aliphatic rings. The Bertz CT molecular complexity index is 1060. The Labute approximate surface area is 144 Å². The van der Waals surface area contributed by atoms with Crippen LogP contribution in [0.4, 0.5) is 10.1 Å². The Hall–Kier alpha value is -3.82. The summed E-state index contributed by atoms with van der Waals surface area (Å²) in [5.74, 6) is -1.08. The third-order valence-electron chi connectivity index (χ3n) is 3.54. The Balaban J connectivity index is 1.96. The zero-order chi connectivity index (χ0) is 18.8. The van der Waals surface area contributed by atoms with Crippen LogP contribution >= 0.6 is 0 Å². The van der Waals surface area contributed by atoms with Crippen LogP contribution in [0.25, 0.3) is 11.3 Å². The number of benzene rings is 1. The molecule has 0 unspecified atom stereocenters. The number of pyridine rings is 1. The molecule has 0 spiro atoms. The quantitative estimate of drug-likeness (QED) is 0.545.